The van der Waals surface area contributed by atoms with Crippen molar-refractivity contribution in [1.82, 2.24) is 5.32 Å². The summed E-state index contributed by atoms with van der Waals surface area (Å²) < 4.78 is 10.5. The van der Waals surface area contributed by atoms with E-state index < -0.39 is 0 Å². The average molecular weight is 251 g/mol. The third kappa shape index (κ3) is 6.15. The molecule has 1 N–H and O–H groups in total. The van der Waals surface area contributed by atoms with Crippen LogP contribution in [0.3, 0.4) is 0 Å². The summed E-state index contributed by atoms with van der Waals surface area (Å²) in [4.78, 5) is 0. The zero-order valence-electron chi connectivity index (χ0n) is 11.6. The van der Waals surface area contributed by atoms with Crippen molar-refractivity contribution >= 4 is 0 Å². The standard InChI is InChI=1S/C15H25NO2/c1-3-9-16-10-8-14-6-4-5-7-15(14)13-18-12-11-17-2/h4-7,16H,3,8-13H2,1-2H3. The lowest BCUT2D eigenvalue weighted by Crippen LogP contribution is -2.18. The van der Waals surface area contributed by atoms with Crippen molar-refractivity contribution in [2.75, 3.05) is 33.4 Å². The molecule has 0 saturated carbocycles. The molecular formula is C15H25NO2. The first kappa shape index (κ1) is 15.2. The van der Waals surface area contributed by atoms with E-state index >= 15 is 0 Å². The summed E-state index contributed by atoms with van der Waals surface area (Å²) >= 11 is 0. The van der Waals surface area contributed by atoms with Crippen LogP contribution in [0.2, 0.25) is 0 Å². The van der Waals surface area contributed by atoms with Gasteiger partial charge in [-0.15, -0.1) is 0 Å². The molecule has 0 unspecified atom stereocenters. The fourth-order valence-corrected chi connectivity index (χ4v) is 1.79. The van der Waals surface area contributed by atoms with Crippen LogP contribution in [0.15, 0.2) is 24.3 Å². The van der Waals surface area contributed by atoms with E-state index in [0.717, 1.165) is 19.5 Å². The highest BCUT2D eigenvalue weighted by Gasteiger charge is 2.01. The molecule has 0 aliphatic carbocycles. The van der Waals surface area contributed by atoms with Crippen molar-refractivity contribution in [2.24, 2.45) is 0 Å². The third-order valence-electron chi connectivity index (χ3n) is 2.81. The molecule has 1 rings (SSSR count). The number of benzene rings is 1. The van der Waals surface area contributed by atoms with Gasteiger partial charge in [-0.1, -0.05) is 31.2 Å². The van der Waals surface area contributed by atoms with Gasteiger partial charge in [0, 0.05) is 7.11 Å². The first-order valence-electron chi connectivity index (χ1n) is 6.72. The first-order valence-corrected chi connectivity index (χ1v) is 6.72. The van der Waals surface area contributed by atoms with Crippen LogP contribution < -0.4 is 5.32 Å². The Bertz CT molecular complexity index is 284. The van der Waals surface area contributed by atoms with Crippen LogP contribution in [0.1, 0.15) is 24.5 Å². The summed E-state index contributed by atoms with van der Waals surface area (Å²) in [6.45, 7) is 6.28. The number of hydrogen-bond donors (Lipinski definition) is 1. The van der Waals surface area contributed by atoms with E-state index in [9.17, 15) is 0 Å². The molecule has 0 heterocycles. The second kappa shape index (κ2) is 10.1. The molecule has 0 aliphatic heterocycles. The second-order valence-electron chi connectivity index (χ2n) is 4.31. The molecule has 1 aromatic rings. The Morgan fingerprint density at radius 1 is 1.06 bits per heavy atom. The van der Waals surface area contributed by atoms with Crippen molar-refractivity contribution in [3.05, 3.63) is 35.4 Å². The van der Waals surface area contributed by atoms with Crippen LogP contribution in [0, 0.1) is 0 Å². The fraction of sp³-hybridized carbons (Fsp3) is 0.600. The molecule has 0 aromatic heterocycles. The van der Waals surface area contributed by atoms with Gasteiger partial charge in [0.1, 0.15) is 0 Å². The quantitative estimate of drug-likeness (QED) is 0.648. The monoisotopic (exact) mass is 251 g/mol. The normalized spacial score (nSPS) is 10.8. The van der Waals surface area contributed by atoms with Crippen molar-refractivity contribution in [2.45, 2.75) is 26.4 Å². The van der Waals surface area contributed by atoms with Gasteiger partial charge in [-0.25, -0.2) is 0 Å². The molecule has 0 aliphatic rings. The lowest BCUT2D eigenvalue weighted by atomic mass is 10.1. The van der Waals surface area contributed by atoms with Crippen LogP contribution in [0.4, 0.5) is 0 Å². The van der Waals surface area contributed by atoms with Crippen LogP contribution in [0.25, 0.3) is 0 Å². The number of hydrogen-bond acceptors (Lipinski definition) is 3. The molecule has 0 bridgehead atoms. The van der Waals surface area contributed by atoms with E-state index in [4.69, 9.17) is 9.47 Å². The highest BCUT2D eigenvalue weighted by Crippen LogP contribution is 2.10. The predicted molar refractivity (Wildman–Crippen MR) is 74.8 cm³/mol. The molecule has 3 heteroatoms. The minimum atomic E-state index is 0.652. The molecule has 3 nitrogen and oxygen atoms in total. The van der Waals surface area contributed by atoms with E-state index in [2.05, 4.69) is 36.5 Å². The Morgan fingerprint density at radius 3 is 2.56 bits per heavy atom. The van der Waals surface area contributed by atoms with Crippen LogP contribution in [0.5, 0.6) is 0 Å². The molecule has 0 saturated heterocycles. The lowest BCUT2D eigenvalue weighted by molar-refractivity contribution is 0.0613. The molecule has 1 aromatic carbocycles. The predicted octanol–water partition coefficient (Wildman–Crippen LogP) is 2.39. The molecular weight excluding hydrogens is 226 g/mol. The van der Waals surface area contributed by atoms with Crippen molar-refractivity contribution in [3.63, 3.8) is 0 Å². The average Bonchev–Trinajstić information content (AvgIpc) is 2.41. The van der Waals surface area contributed by atoms with Crippen LogP contribution in [-0.2, 0) is 22.5 Å². The minimum Gasteiger partial charge on any atom is -0.382 e. The highest BCUT2D eigenvalue weighted by atomic mass is 16.5. The SMILES string of the molecule is CCCNCCc1ccccc1COCCOC. The maximum absolute atomic E-state index is 5.58. The van der Waals surface area contributed by atoms with Gasteiger partial charge in [0.25, 0.3) is 0 Å². The van der Waals surface area contributed by atoms with Crippen molar-refractivity contribution in [1.29, 1.82) is 0 Å². The Labute approximate surface area is 110 Å². The molecule has 102 valence electrons. The molecule has 0 amide bonds. The summed E-state index contributed by atoms with van der Waals surface area (Å²) in [6.07, 6.45) is 2.24. The Kier molecular flexibility index (Phi) is 8.47. The van der Waals surface area contributed by atoms with Gasteiger partial charge in [-0.3, -0.25) is 0 Å². The van der Waals surface area contributed by atoms with E-state index in [-0.39, 0.29) is 0 Å². The van der Waals surface area contributed by atoms with E-state index in [0.29, 0.717) is 19.8 Å². The molecule has 0 atom stereocenters. The molecule has 0 spiro atoms. The van der Waals surface area contributed by atoms with Gasteiger partial charge in [0.2, 0.25) is 0 Å². The second-order valence-corrected chi connectivity index (χ2v) is 4.31. The van der Waals surface area contributed by atoms with E-state index in [1.807, 2.05) is 0 Å². The van der Waals surface area contributed by atoms with Gasteiger partial charge in [-0.05, 0) is 37.1 Å². The summed E-state index contributed by atoms with van der Waals surface area (Å²) in [7, 11) is 1.69. The molecule has 0 radical (unpaired) electrons. The van der Waals surface area contributed by atoms with Gasteiger partial charge in [0.05, 0.1) is 19.8 Å². The third-order valence-corrected chi connectivity index (χ3v) is 2.81. The maximum atomic E-state index is 5.58. The van der Waals surface area contributed by atoms with Crippen LogP contribution in [-0.4, -0.2) is 33.4 Å². The van der Waals surface area contributed by atoms with Gasteiger partial charge >= 0.3 is 0 Å². The van der Waals surface area contributed by atoms with Crippen molar-refractivity contribution < 1.29 is 9.47 Å². The number of methoxy groups -OCH3 is 1. The Balaban J connectivity index is 2.36. The number of rotatable bonds is 10. The Hall–Kier alpha value is -0.900. The summed E-state index contributed by atoms with van der Waals surface area (Å²) in [6, 6.07) is 8.48. The topological polar surface area (TPSA) is 30.5 Å². The van der Waals surface area contributed by atoms with Gasteiger partial charge in [0.15, 0.2) is 0 Å². The summed E-state index contributed by atoms with van der Waals surface area (Å²) in [5.41, 5.74) is 2.66. The zero-order valence-corrected chi connectivity index (χ0v) is 11.6. The highest BCUT2D eigenvalue weighted by molar-refractivity contribution is 5.26. The maximum Gasteiger partial charge on any atom is 0.0720 e. The minimum absolute atomic E-state index is 0.652. The van der Waals surface area contributed by atoms with Crippen LogP contribution >= 0.6 is 0 Å². The number of ether oxygens (including phenoxy) is 2. The summed E-state index contributed by atoms with van der Waals surface area (Å²) in [5.74, 6) is 0. The van der Waals surface area contributed by atoms with Crippen molar-refractivity contribution in [3.8, 4) is 0 Å². The lowest BCUT2D eigenvalue weighted by Gasteiger charge is -2.10. The summed E-state index contributed by atoms with van der Waals surface area (Å²) in [5, 5.41) is 3.43. The Morgan fingerprint density at radius 2 is 1.83 bits per heavy atom. The van der Waals surface area contributed by atoms with Gasteiger partial charge in [-0.2, -0.15) is 0 Å². The molecule has 0 fully saturated rings. The van der Waals surface area contributed by atoms with E-state index in [1.165, 1.54) is 17.5 Å². The van der Waals surface area contributed by atoms with Gasteiger partial charge < -0.3 is 14.8 Å². The zero-order chi connectivity index (χ0) is 13.1. The molecule has 18 heavy (non-hydrogen) atoms. The fourth-order valence-electron chi connectivity index (χ4n) is 1.79. The number of nitrogens with one attached hydrogen (secondary N) is 1. The first-order chi connectivity index (χ1) is 8.88. The largest absolute Gasteiger partial charge is 0.382 e. The van der Waals surface area contributed by atoms with E-state index in [1.54, 1.807) is 7.11 Å². The smallest absolute Gasteiger partial charge is 0.0720 e.